The predicted molar refractivity (Wildman–Crippen MR) is 75.8 cm³/mol. The van der Waals surface area contributed by atoms with Crippen LogP contribution in [0.5, 0.6) is 11.5 Å². The zero-order chi connectivity index (χ0) is 13.7. The highest BCUT2D eigenvalue weighted by Gasteiger charge is 2.02. The first-order valence-corrected chi connectivity index (χ1v) is 6.11. The summed E-state index contributed by atoms with van der Waals surface area (Å²) in [5, 5.41) is 3.32. The highest BCUT2D eigenvalue weighted by atomic mass is 16.5. The number of benzene rings is 1. The van der Waals surface area contributed by atoms with E-state index in [9.17, 15) is 0 Å². The molecule has 0 amide bonds. The molecule has 0 radical (unpaired) electrons. The number of hydrogen-bond acceptors (Lipinski definition) is 4. The maximum atomic E-state index is 5.23. The second-order valence-corrected chi connectivity index (χ2v) is 4.23. The molecule has 0 spiro atoms. The van der Waals surface area contributed by atoms with Gasteiger partial charge in [-0.3, -0.25) is 4.98 Å². The molecule has 1 heterocycles. The molecule has 1 aromatic heterocycles. The Bertz CT molecular complexity index is 533. The monoisotopic (exact) mass is 258 g/mol. The van der Waals surface area contributed by atoms with Gasteiger partial charge in [-0.2, -0.15) is 0 Å². The van der Waals surface area contributed by atoms with Crippen LogP contribution >= 0.6 is 0 Å². The summed E-state index contributed by atoms with van der Waals surface area (Å²) in [6.07, 6.45) is 0. The third-order valence-electron chi connectivity index (χ3n) is 2.77. The molecule has 4 heteroatoms. The maximum absolute atomic E-state index is 5.23. The van der Waals surface area contributed by atoms with Crippen LogP contribution in [0.25, 0.3) is 0 Å². The summed E-state index contributed by atoms with van der Waals surface area (Å²) in [7, 11) is 3.28. The zero-order valence-electron chi connectivity index (χ0n) is 11.4. The third-order valence-corrected chi connectivity index (χ3v) is 2.77. The van der Waals surface area contributed by atoms with Crippen LogP contribution in [-0.4, -0.2) is 19.2 Å². The van der Waals surface area contributed by atoms with Crippen LogP contribution < -0.4 is 14.8 Å². The van der Waals surface area contributed by atoms with Gasteiger partial charge in [0.25, 0.3) is 0 Å². The first kappa shape index (κ1) is 13.2. The van der Waals surface area contributed by atoms with Crippen LogP contribution in [0, 0.1) is 6.92 Å². The van der Waals surface area contributed by atoms with Crippen molar-refractivity contribution in [1.82, 2.24) is 4.98 Å². The highest BCUT2D eigenvalue weighted by Crippen LogP contribution is 2.25. The number of hydrogen-bond donors (Lipinski definition) is 1. The molecule has 0 aliphatic carbocycles. The minimum Gasteiger partial charge on any atom is -0.497 e. The lowest BCUT2D eigenvalue weighted by atomic mass is 10.2. The number of anilines is 1. The summed E-state index contributed by atoms with van der Waals surface area (Å²) in [4.78, 5) is 4.45. The summed E-state index contributed by atoms with van der Waals surface area (Å²) < 4.78 is 10.5. The number of nitrogens with one attached hydrogen (secondary N) is 1. The summed E-state index contributed by atoms with van der Waals surface area (Å²) in [5.41, 5.74) is 2.96. The van der Waals surface area contributed by atoms with Crippen LogP contribution in [0.2, 0.25) is 0 Å². The van der Waals surface area contributed by atoms with E-state index in [4.69, 9.17) is 9.47 Å². The van der Waals surface area contributed by atoms with Crippen molar-refractivity contribution < 1.29 is 9.47 Å². The lowest BCUT2D eigenvalue weighted by Crippen LogP contribution is -2.02. The van der Waals surface area contributed by atoms with E-state index in [2.05, 4.69) is 10.3 Å². The smallest absolute Gasteiger partial charge is 0.124 e. The normalized spacial score (nSPS) is 10.1. The molecule has 0 bridgehead atoms. The van der Waals surface area contributed by atoms with E-state index in [1.165, 1.54) is 0 Å². The van der Waals surface area contributed by atoms with E-state index in [0.29, 0.717) is 6.54 Å². The van der Waals surface area contributed by atoms with Gasteiger partial charge in [-0.05, 0) is 19.1 Å². The van der Waals surface area contributed by atoms with Gasteiger partial charge in [-0.1, -0.05) is 6.07 Å². The van der Waals surface area contributed by atoms with Gasteiger partial charge < -0.3 is 14.8 Å². The van der Waals surface area contributed by atoms with E-state index in [-0.39, 0.29) is 0 Å². The Morgan fingerprint density at radius 1 is 1.05 bits per heavy atom. The number of ether oxygens (including phenoxy) is 2. The van der Waals surface area contributed by atoms with Crippen LogP contribution in [0.3, 0.4) is 0 Å². The summed E-state index contributed by atoms with van der Waals surface area (Å²) in [6, 6.07) is 11.7. The predicted octanol–water partition coefficient (Wildman–Crippen LogP) is 3.02. The summed E-state index contributed by atoms with van der Waals surface area (Å²) in [6.45, 7) is 2.65. The molecule has 0 aliphatic heterocycles. The number of pyridine rings is 1. The number of aryl methyl sites for hydroxylation is 1. The van der Waals surface area contributed by atoms with Crippen LogP contribution in [0.15, 0.2) is 36.4 Å². The van der Waals surface area contributed by atoms with Crippen molar-refractivity contribution in [1.29, 1.82) is 0 Å². The molecular formula is C15H18N2O2. The van der Waals surface area contributed by atoms with Gasteiger partial charge in [-0.15, -0.1) is 0 Å². The van der Waals surface area contributed by atoms with Crippen molar-refractivity contribution in [2.45, 2.75) is 13.5 Å². The average Bonchev–Trinajstić information content (AvgIpc) is 2.44. The summed E-state index contributed by atoms with van der Waals surface area (Å²) >= 11 is 0. The van der Waals surface area contributed by atoms with Gasteiger partial charge in [-0.25, -0.2) is 0 Å². The van der Waals surface area contributed by atoms with E-state index in [1.807, 2.05) is 43.3 Å². The summed E-state index contributed by atoms with van der Waals surface area (Å²) in [5.74, 6) is 1.53. The molecule has 0 saturated heterocycles. The van der Waals surface area contributed by atoms with E-state index >= 15 is 0 Å². The fourth-order valence-electron chi connectivity index (χ4n) is 1.80. The van der Waals surface area contributed by atoms with Gasteiger partial charge in [0.15, 0.2) is 0 Å². The number of rotatable bonds is 5. The van der Waals surface area contributed by atoms with Crippen molar-refractivity contribution in [3.63, 3.8) is 0 Å². The highest BCUT2D eigenvalue weighted by molar-refractivity contribution is 5.53. The Morgan fingerprint density at radius 2 is 1.74 bits per heavy atom. The Labute approximate surface area is 113 Å². The molecule has 0 aliphatic rings. The molecule has 2 rings (SSSR count). The number of methoxy groups -OCH3 is 2. The van der Waals surface area contributed by atoms with E-state index in [0.717, 1.165) is 28.6 Å². The van der Waals surface area contributed by atoms with Crippen molar-refractivity contribution in [2.24, 2.45) is 0 Å². The molecule has 2 aromatic rings. The number of aromatic nitrogens is 1. The first-order chi connectivity index (χ1) is 9.21. The van der Waals surface area contributed by atoms with Crippen LogP contribution in [-0.2, 0) is 6.54 Å². The SMILES string of the molecule is COc1cc(NCc2cccc(C)n2)cc(OC)c1. The molecule has 0 saturated carbocycles. The quantitative estimate of drug-likeness (QED) is 0.895. The molecule has 1 aromatic carbocycles. The lowest BCUT2D eigenvalue weighted by Gasteiger charge is -2.10. The minimum atomic E-state index is 0.665. The molecule has 4 nitrogen and oxygen atoms in total. The molecule has 1 N–H and O–H groups in total. The molecule has 100 valence electrons. The van der Waals surface area contributed by atoms with Crippen LogP contribution in [0.1, 0.15) is 11.4 Å². The lowest BCUT2D eigenvalue weighted by molar-refractivity contribution is 0.394. The van der Waals surface area contributed by atoms with E-state index < -0.39 is 0 Å². The van der Waals surface area contributed by atoms with E-state index in [1.54, 1.807) is 14.2 Å². The van der Waals surface area contributed by atoms with Crippen molar-refractivity contribution >= 4 is 5.69 Å². The minimum absolute atomic E-state index is 0.665. The Hall–Kier alpha value is -2.23. The second kappa shape index (κ2) is 6.09. The Kier molecular flexibility index (Phi) is 4.23. The largest absolute Gasteiger partial charge is 0.497 e. The first-order valence-electron chi connectivity index (χ1n) is 6.11. The number of nitrogens with zero attached hydrogens (tertiary/aromatic N) is 1. The van der Waals surface area contributed by atoms with Gasteiger partial charge in [0, 0.05) is 29.6 Å². The molecular weight excluding hydrogens is 240 g/mol. The standard InChI is InChI=1S/C15H18N2O2/c1-11-5-4-6-12(17-11)10-16-13-7-14(18-2)9-15(8-13)19-3/h4-9,16H,10H2,1-3H3. The maximum Gasteiger partial charge on any atom is 0.124 e. The van der Waals surface area contributed by atoms with Crippen LogP contribution in [0.4, 0.5) is 5.69 Å². The molecule has 0 atom stereocenters. The molecule has 19 heavy (non-hydrogen) atoms. The fraction of sp³-hybridized carbons (Fsp3) is 0.267. The zero-order valence-corrected chi connectivity index (χ0v) is 11.4. The molecule has 0 unspecified atom stereocenters. The van der Waals surface area contributed by atoms with Crippen molar-refractivity contribution in [3.8, 4) is 11.5 Å². The fourth-order valence-corrected chi connectivity index (χ4v) is 1.80. The second-order valence-electron chi connectivity index (χ2n) is 4.23. The Balaban J connectivity index is 2.10. The van der Waals surface area contributed by atoms with Gasteiger partial charge >= 0.3 is 0 Å². The molecule has 0 fully saturated rings. The van der Waals surface area contributed by atoms with Gasteiger partial charge in [0.2, 0.25) is 0 Å². The third kappa shape index (κ3) is 3.61. The Morgan fingerprint density at radius 3 is 2.32 bits per heavy atom. The van der Waals surface area contributed by atoms with Gasteiger partial charge in [0.05, 0.1) is 26.5 Å². The van der Waals surface area contributed by atoms with Crippen molar-refractivity contribution in [3.05, 3.63) is 47.8 Å². The van der Waals surface area contributed by atoms with Gasteiger partial charge in [0.1, 0.15) is 11.5 Å². The van der Waals surface area contributed by atoms with Crippen molar-refractivity contribution in [2.75, 3.05) is 19.5 Å². The topological polar surface area (TPSA) is 43.4 Å². The average molecular weight is 258 g/mol.